The van der Waals surface area contributed by atoms with Crippen molar-refractivity contribution in [3.05, 3.63) is 0 Å². The van der Waals surface area contributed by atoms with Crippen molar-refractivity contribution in [3.8, 4) is 0 Å². The Morgan fingerprint density at radius 1 is 1.40 bits per heavy atom. The standard InChI is InChI=1S/C13H28N2/c1-11-8-14-6-7-15(9-11)10-12(2)13(3,4)5/h11-12,14H,6-10H2,1-5H3. The van der Waals surface area contributed by atoms with Gasteiger partial charge in [-0.05, 0) is 23.8 Å². The van der Waals surface area contributed by atoms with Gasteiger partial charge in [-0.25, -0.2) is 0 Å². The molecule has 0 aromatic rings. The molecule has 1 aliphatic heterocycles. The van der Waals surface area contributed by atoms with Gasteiger partial charge in [0, 0.05) is 26.2 Å². The summed E-state index contributed by atoms with van der Waals surface area (Å²) in [7, 11) is 0. The van der Waals surface area contributed by atoms with Crippen LogP contribution in [0.3, 0.4) is 0 Å². The van der Waals surface area contributed by atoms with Gasteiger partial charge in [0.1, 0.15) is 0 Å². The summed E-state index contributed by atoms with van der Waals surface area (Å²) >= 11 is 0. The maximum atomic E-state index is 3.50. The first-order chi connectivity index (χ1) is 6.89. The molecule has 1 rings (SSSR count). The highest BCUT2D eigenvalue weighted by Gasteiger charge is 2.23. The van der Waals surface area contributed by atoms with Crippen LogP contribution in [0.1, 0.15) is 34.6 Å². The van der Waals surface area contributed by atoms with Gasteiger partial charge >= 0.3 is 0 Å². The van der Waals surface area contributed by atoms with Crippen LogP contribution in [0.4, 0.5) is 0 Å². The Morgan fingerprint density at radius 2 is 2.07 bits per heavy atom. The smallest absolute Gasteiger partial charge is 0.0107 e. The lowest BCUT2D eigenvalue weighted by molar-refractivity contribution is 0.158. The van der Waals surface area contributed by atoms with E-state index in [0.717, 1.165) is 18.4 Å². The maximum Gasteiger partial charge on any atom is 0.0107 e. The Labute approximate surface area is 95.4 Å². The maximum absolute atomic E-state index is 3.50. The van der Waals surface area contributed by atoms with Gasteiger partial charge in [0.15, 0.2) is 0 Å². The summed E-state index contributed by atoms with van der Waals surface area (Å²) in [5.74, 6) is 1.56. The van der Waals surface area contributed by atoms with Crippen molar-refractivity contribution in [2.45, 2.75) is 34.6 Å². The van der Waals surface area contributed by atoms with E-state index in [-0.39, 0.29) is 0 Å². The van der Waals surface area contributed by atoms with Gasteiger partial charge in [-0.2, -0.15) is 0 Å². The first kappa shape index (κ1) is 13.0. The molecule has 2 nitrogen and oxygen atoms in total. The molecule has 90 valence electrons. The second kappa shape index (κ2) is 5.31. The number of nitrogens with one attached hydrogen (secondary N) is 1. The van der Waals surface area contributed by atoms with E-state index in [4.69, 9.17) is 0 Å². The summed E-state index contributed by atoms with van der Waals surface area (Å²) in [5.41, 5.74) is 0.434. The lowest BCUT2D eigenvalue weighted by Crippen LogP contribution is -2.37. The molecule has 2 unspecified atom stereocenters. The topological polar surface area (TPSA) is 15.3 Å². The van der Waals surface area contributed by atoms with Gasteiger partial charge in [-0.15, -0.1) is 0 Å². The van der Waals surface area contributed by atoms with Gasteiger partial charge in [-0.1, -0.05) is 34.6 Å². The van der Waals surface area contributed by atoms with Gasteiger partial charge in [0.2, 0.25) is 0 Å². The molecule has 1 aliphatic rings. The van der Waals surface area contributed by atoms with Crippen molar-refractivity contribution in [3.63, 3.8) is 0 Å². The molecule has 1 fully saturated rings. The zero-order chi connectivity index (χ0) is 11.5. The summed E-state index contributed by atoms with van der Waals surface area (Å²) < 4.78 is 0. The van der Waals surface area contributed by atoms with E-state index in [1.807, 2.05) is 0 Å². The van der Waals surface area contributed by atoms with Crippen molar-refractivity contribution in [1.29, 1.82) is 0 Å². The zero-order valence-corrected chi connectivity index (χ0v) is 11.1. The second-order valence-corrected chi connectivity index (χ2v) is 6.34. The molecule has 0 aromatic heterocycles. The molecule has 0 spiro atoms. The first-order valence-electron chi connectivity index (χ1n) is 6.32. The summed E-state index contributed by atoms with van der Waals surface area (Å²) in [6, 6.07) is 0. The lowest BCUT2D eigenvalue weighted by Gasteiger charge is -2.33. The third-order valence-electron chi connectivity index (χ3n) is 3.68. The molecular weight excluding hydrogens is 184 g/mol. The van der Waals surface area contributed by atoms with Crippen molar-refractivity contribution in [1.82, 2.24) is 10.2 Å². The molecule has 0 radical (unpaired) electrons. The first-order valence-corrected chi connectivity index (χ1v) is 6.32. The quantitative estimate of drug-likeness (QED) is 0.755. The fourth-order valence-corrected chi connectivity index (χ4v) is 2.01. The summed E-state index contributed by atoms with van der Waals surface area (Å²) in [6.07, 6.45) is 0. The molecule has 1 heterocycles. The van der Waals surface area contributed by atoms with E-state index in [0.29, 0.717) is 5.41 Å². The highest BCUT2D eigenvalue weighted by Crippen LogP contribution is 2.26. The third-order valence-corrected chi connectivity index (χ3v) is 3.68. The van der Waals surface area contributed by atoms with E-state index in [9.17, 15) is 0 Å². The molecule has 0 saturated carbocycles. The van der Waals surface area contributed by atoms with Crippen LogP contribution >= 0.6 is 0 Å². The van der Waals surface area contributed by atoms with Crippen LogP contribution in [0.15, 0.2) is 0 Å². The summed E-state index contributed by atoms with van der Waals surface area (Å²) in [6.45, 7) is 17.8. The van der Waals surface area contributed by atoms with Crippen LogP contribution in [0.25, 0.3) is 0 Å². The average molecular weight is 212 g/mol. The molecule has 1 saturated heterocycles. The average Bonchev–Trinajstić information content (AvgIpc) is 2.28. The fourth-order valence-electron chi connectivity index (χ4n) is 2.01. The van der Waals surface area contributed by atoms with Crippen LogP contribution in [0, 0.1) is 17.3 Å². The van der Waals surface area contributed by atoms with Crippen molar-refractivity contribution < 1.29 is 0 Å². The Morgan fingerprint density at radius 3 is 2.67 bits per heavy atom. The molecule has 0 amide bonds. The minimum Gasteiger partial charge on any atom is -0.315 e. The third kappa shape index (κ3) is 4.52. The minimum atomic E-state index is 0.434. The van der Waals surface area contributed by atoms with Gasteiger partial charge in [-0.3, -0.25) is 0 Å². The highest BCUT2D eigenvalue weighted by molar-refractivity contribution is 4.77. The second-order valence-electron chi connectivity index (χ2n) is 6.34. The molecule has 0 bridgehead atoms. The zero-order valence-electron chi connectivity index (χ0n) is 11.1. The van der Waals surface area contributed by atoms with Crippen LogP contribution in [0.2, 0.25) is 0 Å². The highest BCUT2D eigenvalue weighted by atomic mass is 15.2. The lowest BCUT2D eigenvalue weighted by atomic mass is 9.82. The van der Waals surface area contributed by atoms with Crippen molar-refractivity contribution >= 4 is 0 Å². The molecule has 2 heteroatoms. The summed E-state index contributed by atoms with van der Waals surface area (Å²) in [5, 5.41) is 3.50. The van der Waals surface area contributed by atoms with E-state index in [2.05, 4.69) is 44.8 Å². The summed E-state index contributed by atoms with van der Waals surface area (Å²) in [4.78, 5) is 2.63. The van der Waals surface area contributed by atoms with Crippen LogP contribution in [-0.2, 0) is 0 Å². The minimum absolute atomic E-state index is 0.434. The largest absolute Gasteiger partial charge is 0.315 e. The van der Waals surface area contributed by atoms with Crippen LogP contribution in [-0.4, -0.2) is 37.6 Å². The van der Waals surface area contributed by atoms with E-state index in [1.54, 1.807) is 0 Å². The van der Waals surface area contributed by atoms with E-state index in [1.165, 1.54) is 26.2 Å². The number of rotatable bonds is 2. The number of hydrogen-bond donors (Lipinski definition) is 1. The predicted octanol–water partition coefficient (Wildman–Crippen LogP) is 2.21. The Bertz CT molecular complexity index is 183. The van der Waals surface area contributed by atoms with E-state index >= 15 is 0 Å². The molecule has 1 N–H and O–H groups in total. The normalized spacial score (nSPS) is 27.4. The Balaban J connectivity index is 2.42. The molecular formula is C13H28N2. The molecule has 0 aromatic carbocycles. The Kier molecular flexibility index (Phi) is 4.60. The van der Waals surface area contributed by atoms with Gasteiger partial charge in [0.05, 0.1) is 0 Å². The van der Waals surface area contributed by atoms with Gasteiger partial charge in [0.25, 0.3) is 0 Å². The van der Waals surface area contributed by atoms with Crippen LogP contribution < -0.4 is 5.32 Å². The van der Waals surface area contributed by atoms with Crippen LogP contribution in [0.5, 0.6) is 0 Å². The van der Waals surface area contributed by atoms with Crippen molar-refractivity contribution in [2.24, 2.45) is 17.3 Å². The van der Waals surface area contributed by atoms with E-state index < -0.39 is 0 Å². The number of nitrogens with zero attached hydrogens (tertiary/aromatic N) is 1. The molecule has 0 aliphatic carbocycles. The fraction of sp³-hybridized carbons (Fsp3) is 1.00. The van der Waals surface area contributed by atoms with Crippen molar-refractivity contribution in [2.75, 3.05) is 32.7 Å². The monoisotopic (exact) mass is 212 g/mol. The van der Waals surface area contributed by atoms with Gasteiger partial charge < -0.3 is 10.2 Å². The molecule has 15 heavy (non-hydrogen) atoms. The number of hydrogen-bond acceptors (Lipinski definition) is 2. The molecule has 2 atom stereocenters. The SMILES string of the molecule is CC1CNCCN(CC(C)C(C)(C)C)C1. The Hall–Kier alpha value is -0.0800. The predicted molar refractivity (Wildman–Crippen MR) is 67.1 cm³/mol.